The molecule has 1 amide bonds. The van der Waals surface area contributed by atoms with Crippen LogP contribution < -0.4 is 4.74 Å². The number of hydrogen-bond acceptors (Lipinski definition) is 6. The summed E-state index contributed by atoms with van der Waals surface area (Å²) in [4.78, 5) is 15.0. The van der Waals surface area contributed by atoms with Gasteiger partial charge in [-0.3, -0.25) is 4.79 Å². The molecular weight excluding hydrogens is 651 g/mol. The number of aromatic nitrogens is 4. The Morgan fingerprint density at radius 2 is 1.87 bits per heavy atom. The van der Waals surface area contributed by atoms with E-state index in [4.69, 9.17) is 16.3 Å². The summed E-state index contributed by atoms with van der Waals surface area (Å²) in [6.07, 6.45) is -6.84. The number of aryl methyl sites for hydroxylation is 1. The van der Waals surface area contributed by atoms with Crippen molar-refractivity contribution in [3.8, 4) is 17.6 Å². The minimum Gasteiger partial charge on any atom is -0.429 e. The van der Waals surface area contributed by atoms with Crippen LogP contribution in [0.4, 0.5) is 39.5 Å². The van der Waals surface area contributed by atoms with Gasteiger partial charge in [0.15, 0.2) is 17.3 Å². The van der Waals surface area contributed by atoms with E-state index >= 15 is 0 Å². The minimum absolute atomic E-state index is 0.0994. The van der Waals surface area contributed by atoms with Gasteiger partial charge in [-0.2, -0.15) is 50.6 Å². The summed E-state index contributed by atoms with van der Waals surface area (Å²) in [6.45, 7) is -3.46. The Kier molecular flexibility index (Phi) is 9.29. The third-order valence-electron chi connectivity index (χ3n) is 7.29. The molecule has 2 aliphatic rings. The molecule has 4 rings (SSSR count). The van der Waals surface area contributed by atoms with Gasteiger partial charge < -0.3 is 14.4 Å². The SMILES string of the molecule is COCCCN(C(=O)C1=CC(c2cnn(-c3c(OC(F)F)c(C(F)(C(F)(F)F)C(F)(F)F)nn3C)c2)=CCC1Cl)C1(C#N)CC1. The van der Waals surface area contributed by atoms with Crippen molar-refractivity contribution in [1.29, 1.82) is 5.26 Å². The van der Waals surface area contributed by atoms with Crippen LogP contribution in [0.3, 0.4) is 0 Å². The molecule has 1 atom stereocenters. The van der Waals surface area contributed by atoms with Crippen molar-refractivity contribution in [3.05, 3.63) is 41.4 Å². The number of nitriles is 1. The molecule has 0 saturated heterocycles. The van der Waals surface area contributed by atoms with E-state index < -0.39 is 58.7 Å². The Morgan fingerprint density at radius 3 is 2.40 bits per heavy atom. The number of hydrogen-bond donors (Lipinski definition) is 0. The number of halogens is 10. The monoisotopic (exact) mass is 674 g/mol. The largest absolute Gasteiger partial charge is 0.437 e. The van der Waals surface area contributed by atoms with Crippen LogP contribution in [-0.2, 0) is 22.2 Å². The molecule has 0 aromatic carbocycles. The summed E-state index contributed by atoms with van der Waals surface area (Å²) in [5.74, 6) is -3.35. The Labute approximate surface area is 254 Å². The van der Waals surface area contributed by atoms with Gasteiger partial charge in [-0.15, -0.1) is 11.6 Å². The predicted molar refractivity (Wildman–Crippen MR) is 138 cm³/mol. The molecule has 0 radical (unpaired) electrons. The van der Waals surface area contributed by atoms with Gasteiger partial charge >= 0.3 is 24.6 Å². The highest BCUT2D eigenvalue weighted by atomic mass is 35.5. The average Bonchev–Trinajstić information content (AvgIpc) is 3.47. The highest BCUT2D eigenvalue weighted by Crippen LogP contribution is 2.56. The van der Waals surface area contributed by atoms with Crippen LogP contribution >= 0.6 is 11.6 Å². The van der Waals surface area contributed by atoms with Crippen LogP contribution in [0.5, 0.6) is 5.75 Å². The molecule has 0 aliphatic heterocycles. The van der Waals surface area contributed by atoms with Gasteiger partial charge in [-0.05, 0) is 37.3 Å². The van der Waals surface area contributed by atoms with Crippen LogP contribution in [0.1, 0.15) is 36.9 Å². The zero-order chi connectivity index (χ0) is 33.5. The molecule has 1 fully saturated rings. The van der Waals surface area contributed by atoms with Crippen LogP contribution in [0, 0.1) is 11.3 Å². The molecule has 1 saturated carbocycles. The fourth-order valence-electron chi connectivity index (χ4n) is 4.85. The molecule has 0 bridgehead atoms. The first kappa shape index (κ1) is 34.2. The van der Waals surface area contributed by atoms with E-state index in [1.807, 2.05) is 0 Å². The second-order valence-corrected chi connectivity index (χ2v) is 10.8. The van der Waals surface area contributed by atoms with E-state index in [0.29, 0.717) is 30.6 Å². The van der Waals surface area contributed by atoms with E-state index in [9.17, 15) is 49.6 Å². The Morgan fingerprint density at radius 1 is 1.22 bits per heavy atom. The minimum atomic E-state index is -6.66. The first-order valence-electron chi connectivity index (χ1n) is 13.1. The average molecular weight is 675 g/mol. The van der Waals surface area contributed by atoms with Crippen molar-refractivity contribution in [2.45, 2.75) is 61.2 Å². The highest BCUT2D eigenvalue weighted by Gasteiger charge is 2.76. The van der Waals surface area contributed by atoms with Gasteiger partial charge in [0, 0.05) is 44.6 Å². The molecule has 0 N–H and O–H groups in total. The van der Waals surface area contributed by atoms with Crippen LogP contribution in [0.15, 0.2) is 30.1 Å². The smallest absolute Gasteiger partial charge is 0.429 e. The summed E-state index contributed by atoms with van der Waals surface area (Å²) < 4.78 is 132. The van der Waals surface area contributed by atoms with E-state index in [1.165, 1.54) is 18.1 Å². The molecule has 2 aromatic rings. The van der Waals surface area contributed by atoms with E-state index in [0.717, 1.165) is 19.4 Å². The van der Waals surface area contributed by atoms with Crippen molar-refractivity contribution in [2.75, 3.05) is 20.3 Å². The fraction of sp³-hybridized carbons (Fsp3) is 0.538. The van der Waals surface area contributed by atoms with Gasteiger partial charge in [0.25, 0.3) is 5.91 Å². The number of ether oxygens (including phenoxy) is 2. The Hall–Kier alpha value is -3.72. The number of carbonyl (C=O) groups is 1. The lowest BCUT2D eigenvalue weighted by molar-refractivity contribution is -0.350. The van der Waals surface area contributed by atoms with Gasteiger partial charge in [-0.25, -0.2) is 13.8 Å². The third-order valence-corrected chi connectivity index (χ3v) is 7.70. The number of allylic oxidation sites excluding steroid dienone is 3. The van der Waals surface area contributed by atoms with Gasteiger partial charge in [0.1, 0.15) is 5.54 Å². The fourth-order valence-corrected chi connectivity index (χ4v) is 5.10. The lowest BCUT2D eigenvalue weighted by Crippen LogP contribution is -2.51. The van der Waals surface area contributed by atoms with Crippen LogP contribution in [0.25, 0.3) is 11.4 Å². The number of carbonyl (C=O) groups excluding carboxylic acids is 1. The second-order valence-electron chi connectivity index (χ2n) is 10.2. The van der Waals surface area contributed by atoms with Crippen molar-refractivity contribution in [3.63, 3.8) is 0 Å². The van der Waals surface area contributed by atoms with Crippen LogP contribution in [0.2, 0.25) is 0 Å². The van der Waals surface area contributed by atoms with E-state index in [1.54, 1.807) is 6.08 Å². The normalized spacial score (nSPS) is 18.4. The summed E-state index contributed by atoms with van der Waals surface area (Å²) in [5.41, 5.74) is -9.17. The van der Waals surface area contributed by atoms with Crippen molar-refractivity contribution >= 4 is 23.1 Å². The molecule has 0 spiro atoms. The molecule has 246 valence electrons. The third kappa shape index (κ3) is 6.24. The molecule has 2 aliphatic carbocycles. The summed E-state index contributed by atoms with van der Waals surface area (Å²) in [7, 11) is 2.26. The molecule has 1 unspecified atom stereocenters. The Balaban J connectivity index is 1.75. The topological polar surface area (TPSA) is 98.2 Å². The first-order chi connectivity index (χ1) is 20.9. The Bertz CT molecular complexity index is 1520. The number of alkyl halides is 10. The van der Waals surface area contributed by atoms with Crippen molar-refractivity contribution in [1.82, 2.24) is 24.5 Å². The number of amides is 1. The lowest BCUT2D eigenvalue weighted by atomic mass is 9.94. The van der Waals surface area contributed by atoms with E-state index in [2.05, 4.69) is 21.0 Å². The maximum Gasteiger partial charge on any atom is 0.437 e. The zero-order valence-corrected chi connectivity index (χ0v) is 24.2. The molecular formula is C26H24ClF9N6O3. The number of methoxy groups -OCH3 is 1. The molecule has 2 heterocycles. The molecule has 45 heavy (non-hydrogen) atoms. The maximum absolute atomic E-state index is 14.9. The predicted octanol–water partition coefficient (Wildman–Crippen LogP) is 5.74. The molecule has 2 aromatic heterocycles. The van der Waals surface area contributed by atoms with E-state index in [-0.39, 0.29) is 34.4 Å². The summed E-state index contributed by atoms with van der Waals surface area (Å²) in [5, 5.41) is 15.7. The van der Waals surface area contributed by atoms with Crippen molar-refractivity contribution < 1.29 is 53.8 Å². The first-order valence-corrected chi connectivity index (χ1v) is 13.5. The molecule has 19 heteroatoms. The maximum atomic E-state index is 14.9. The second kappa shape index (κ2) is 12.2. The lowest BCUT2D eigenvalue weighted by Gasteiger charge is -2.30. The van der Waals surface area contributed by atoms with Gasteiger partial charge in [0.2, 0.25) is 0 Å². The summed E-state index contributed by atoms with van der Waals surface area (Å²) in [6, 6.07) is 2.16. The summed E-state index contributed by atoms with van der Waals surface area (Å²) >= 11 is 6.45. The van der Waals surface area contributed by atoms with Gasteiger partial charge in [-0.1, -0.05) is 6.08 Å². The molecule has 9 nitrogen and oxygen atoms in total. The standard InChI is InChI=1S/C26H24ClF9N6O3/c1-40-20(18(45-22(28)29)19(39-40)24(30,25(31,32)33)26(34,35)36)42-12-15(11-38-42)14-4-5-17(27)16(10-14)21(43)41(8-3-9-44-2)23(13-37)6-7-23/h4,10-12,17,22H,3,5-9H2,1-2H3. The van der Waals surface area contributed by atoms with Gasteiger partial charge in [0.05, 0.1) is 17.6 Å². The quantitative estimate of drug-likeness (QED) is 0.171. The zero-order valence-electron chi connectivity index (χ0n) is 23.4. The van der Waals surface area contributed by atoms with Crippen molar-refractivity contribution in [2.24, 2.45) is 7.05 Å². The highest BCUT2D eigenvalue weighted by molar-refractivity contribution is 6.26. The van der Waals surface area contributed by atoms with Crippen LogP contribution in [-0.4, -0.2) is 80.5 Å². The number of rotatable bonds is 11. The number of nitrogens with zero attached hydrogens (tertiary/aromatic N) is 6.